The predicted octanol–water partition coefficient (Wildman–Crippen LogP) is 2.16. The highest BCUT2D eigenvalue weighted by Gasteiger charge is 2.04. The molecule has 2 aromatic heterocycles. The topological polar surface area (TPSA) is 63.6 Å². The van der Waals surface area contributed by atoms with Crippen molar-refractivity contribution in [2.45, 2.75) is 24.0 Å². The molecule has 0 saturated heterocycles. The van der Waals surface area contributed by atoms with E-state index in [0.717, 1.165) is 23.2 Å². The minimum Gasteiger partial charge on any atom is -0.370 e. The average Bonchev–Trinajstić information content (AvgIpc) is 2.30. The standard InChI is InChI=1S/C11H13N5S/c1-3-12-9-7-10(16-8(2)15-9)17-11-13-5-4-6-14-11/h4-7H,3H2,1-2H3,(H,12,15,16). The van der Waals surface area contributed by atoms with Crippen LogP contribution in [0.25, 0.3) is 0 Å². The molecule has 0 spiro atoms. The summed E-state index contributed by atoms with van der Waals surface area (Å²) in [5.74, 6) is 1.57. The molecule has 2 rings (SSSR count). The fourth-order valence-electron chi connectivity index (χ4n) is 1.30. The number of hydrogen-bond donors (Lipinski definition) is 1. The molecule has 2 aromatic rings. The van der Waals surface area contributed by atoms with Gasteiger partial charge in [-0.3, -0.25) is 0 Å². The van der Waals surface area contributed by atoms with Gasteiger partial charge in [0.05, 0.1) is 0 Å². The van der Waals surface area contributed by atoms with Gasteiger partial charge in [-0.15, -0.1) is 0 Å². The van der Waals surface area contributed by atoms with Crippen LogP contribution in [0, 0.1) is 6.92 Å². The highest BCUT2D eigenvalue weighted by atomic mass is 32.2. The third kappa shape index (κ3) is 3.39. The van der Waals surface area contributed by atoms with Crippen LogP contribution in [-0.4, -0.2) is 26.5 Å². The molecule has 0 aliphatic rings. The summed E-state index contributed by atoms with van der Waals surface area (Å²) in [6.07, 6.45) is 3.43. The first-order valence-electron chi connectivity index (χ1n) is 5.32. The van der Waals surface area contributed by atoms with E-state index in [1.165, 1.54) is 11.8 Å². The molecule has 0 aliphatic carbocycles. The van der Waals surface area contributed by atoms with Crippen molar-refractivity contribution in [1.82, 2.24) is 19.9 Å². The van der Waals surface area contributed by atoms with Crippen molar-refractivity contribution < 1.29 is 0 Å². The van der Waals surface area contributed by atoms with Gasteiger partial charge in [0.1, 0.15) is 16.7 Å². The maximum absolute atomic E-state index is 4.34. The van der Waals surface area contributed by atoms with Crippen molar-refractivity contribution in [2.75, 3.05) is 11.9 Å². The fraction of sp³-hybridized carbons (Fsp3) is 0.273. The molecule has 1 N–H and O–H groups in total. The molecular formula is C11H13N5S. The third-order valence-electron chi connectivity index (χ3n) is 1.91. The van der Waals surface area contributed by atoms with Gasteiger partial charge in [0.2, 0.25) is 0 Å². The number of anilines is 1. The zero-order chi connectivity index (χ0) is 12.1. The van der Waals surface area contributed by atoms with E-state index >= 15 is 0 Å². The number of aromatic nitrogens is 4. The van der Waals surface area contributed by atoms with Gasteiger partial charge in [-0.25, -0.2) is 19.9 Å². The normalized spacial score (nSPS) is 10.2. The first-order valence-corrected chi connectivity index (χ1v) is 6.14. The maximum atomic E-state index is 4.34. The monoisotopic (exact) mass is 247 g/mol. The molecule has 0 radical (unpaired) electrons. The maximum Gasteiger partial charge on any atom is 0.193 e. The lowest BCUT2D eigenvalue weighted by atomic mass is 10.5. The number of nitrogens with zero attached hydrogens (tertiary/aromatic N) is 4. The molecule has 0 aliphatic heterocycles. The van der Waals surface area contributed by atoms with Crippen molar-refractivity contribution in [1.29, 1.82) is 0 Å². The first-order chi connectivity index (χ1) is 8.28. The quantitative estimate of drug-likeness (QED) is 0.660. The second kappa shape index (κ2) is 5.58. The van der Waals surface area contributed by atoms with Gasteiger partial charge in [-0.1, -0.05) is 0 Å². The zero-order valence-corrected chi connectivity index (χ0v) is 10.5. The Bertz CT molecular complexity index is 488. The highest BCUT2D eigenvalue weighted by molar-refractivity contribution is 7.99. The summed E-state index contributed by atoms with van der Waals surface area (Å²) >= 11 is 1.43. The van der Waals surface area contributed by atoms with Crippen LogP contribution in [0.5, 0.6) is 0 Å². The van der Waals surface area contributed by atoms with E-state index in [1.54, 1.807) is 18.5 Å². The Morgan fingerprint density at radius 1 is 1.24 bits per heavy atom. The van der Waals surface area contributed by atoms with E-state index in [0.29, 0.717) is 5.16 Å². The second-order valence-corrected chi connectivity index (χ2v) is 4.29. The highest BCUT2D eigenvalue weighted by Crippen LogP contribution is 2.23. The molecule has 6 heteroatoms. The van der Waals surface area contributed by atoms with Gasteiger partial charge >= 0.3 is 0 Å². The minimum absolute atomic E-state index is 0.688. The Morgan fingerprint density at radius 2 is 2.00 bits per heavy atom. The van der Waals surface area contributed by atoms with Crippen molar-refractivity contribution >= 4 is 17.6 Å². The molecule has 0 fully saturated rings. The van der Waals surface area contributed by atoms with Crippen LogP contribution in [0.1, 0.15) is 12.7 Å². The smallest absolute Gasteiger partial charge is 0.193 e. The Balaban J connectivity index is 2.21. The third-order valence-corrected chi connectivity index (χ3v) is 2.72. The fourth-order valence-corrected chi connectivity index (χ4v) is 2.06. The second-order valence-electron chi connectivity index (χ2n) is 3.30. The van der Waals surface area contributed by atoms with E-state index in [-0.39, 0.29) is 0 Å². The number of nitrogens with one attached hydrogen (secondary N) is 1. The van der Waals surface area contributed by atoms with E-state index in [4.69, 9.17) is 0 Å². The molecule has 5 nitrogen and oxygen atoms in total. The molecule has 0 bridgehead atoms. The molecule has 17 heavy (non-hydrogen) atoms. The summed E-state index contributed by atoms with van der Waals surface area (Å²) in [5, 5.41) is 4.70. The zero-order valence-electron chi connectivity index (χ0n) is 9.71. The SMILES string of the molecule is CCNc1cc(Sc2ncccn2)nc(C)n1. The lowest BCUT2D eigenvalue weighted by molar-refractivity contribution is 0.935. The average molecular weight is 247 g/mol. The lowest BCUT2D eigenvalue weighted by Gasteiger charge is -2.05. The van der Waals surface area contributed by atoms with Crippen molar-refractivity contribution in [3.63, 3.8) is 0 Å². The molecule has 88 valence electrons. The Hall–Kier alpha value is -1.69. The molecule has 0 saturated carbocycles. The van der Waals surface area contributed by atoms with Crippen molar-refractivity contribution in [2.24, 2.45) is 0 Å². The van der Waals surface area contributed by atoms with E-state index in [1.807, 2.05) is 19.9 Å². The molecule has 2 heterocycles. The first kappa shape index (κ1) is 11.8. The van der Waals surface area contributed by atoms with Crippen LogP contribution >= 0.6 is 11.8 Å². The summed E-state index contributed by atoms with van der Waals surface area (Å²) in [6, 6.07) is 3.69. The Kier molecular flexibility index (Phi) is 3.87. The van der Waals surface area contributed by atoms with Crippen LogP contribution in [-0.2, 0) is 0 Å². The Morgan fingerprint density at radius 3 is 2.71 bits per heavy atom. The summed E-state index contributed by atoms with van der Waals surface area (Å²) in [4.78, 5) is 16.9. The number of aryl methyl sites for hydroxylation is 1. The van der Waals surface area contributed by atoms with Gasteiger partial charge in [0.15, 0.2) is 5.16 Å². The molecule has 0 atom stereocenters. The van der Waals surface area contributed by atoms with Gasteiger partial charge in [-0.2, -0.15) is 0 Å². The van der Waals surface area contributed by atoms with Crippen LogP contribution in [0.4, 0.5) is 5.82 Å². The number of rotatable bonds is 4. The van der Waals surface area contributed by atoms with E-state index in [2.05, 4.69) is 25.3 Å². The van der Waals surface area contributed by atoms with Gasteiger partial charge in [0, 0.05) is 25.0 Å². The van der Waals surface area contributed by atoms with Crippen molar-refractivity contribution in [3.05, 3.63) is 30.4 Å². The van der Waals surface area contributed by atoms with E-state index in [9.17, 15) is 0 Å². The Labute approximate surface area is 104 Å². The van der Waals surface area contributed by atoms with Crippen LogP contribution in [0.15, 0.2) is 34.7 Å². The minimum atomic E-state index is 0.688. The summed E-state index contributed by atoms with van der Waals surface area (Å²) in [5.41, 5.74) is 0. The van der Waals surface area contributed by atoms with Crippen LogP contribution in [0.3, 0.4) is 0 Å². The van der Waals surface area contributed by atoms with Gasteiger partial charge in [-0.05, 0) is 31.7 Å². The summed E-state index contributed by atoms with van der Waals surface area (Å²) in [6.45, 7) is 4.74. The van der Waals surface area contributed by atoms with Crippen molar-refractivity contribution in [3.8, 4) is 0 Å². The van der Waals surface area contributed by atoms with Crippen LogP contribution < -0.4 is 5.32 Å². The lowest BCUT2D eigenvalue weighted by Crippen LogP contribution is -2.02. The van der Waals surface area contributed by atoms with Crippen LogP contribution in [0.2, 0.25) is 0 Å². The molecule has 0 aromatic carbocycles. The van der Waals surface area contributed by atoms with Gasteiger partial charge < -0.3 is 5.32 Å². The summed E-state index contributed by atoms with van der Waals surface area (Å²) < 4.78 is 0. The summed E-state index contributed by atoms with van der Waals surface area (Å²) in [7, 11) is 0. The van der Waals surface area contributed by atoms with Gasteiger partial charge in [0.25, 0.3) is 0 Å². The molecule has 0 amide bonds. The van der Waals surface area contributed by atoms with E-state index < -0.39 is 0 Å². The largest absolute Gasteiger partial charge is 0.370 e. The number of hydrogen-bond acceptors (Lipinski definition) is 6. The molecule has 0 unspecified atom stereocenters. The molecular weight excluding hydrogens is 234 g/mol. The predicted molar refractivity (Wildman–Crippen MR) is 67.1 cm³/mol.